The van der Waals surface area contributed by atoms with Crippen molar-refractivity contribution in [3.8, 4) is 0 Å². The first-order chi connectivity index (χ1) is 6.01. The molecule has 0 saturated heterocycles. The molecule has 0 saturated carbocycles. The van der Waals surface area contributed by atoms with Crippen LogP contribution in [0.1, 0.15) is 0 Å². The number of rotatable bonds is 2. The van der Waals surface area contributed by atoms with Gasteiger partial charge in [0.25, 0.3) is 6.43 Å². The van der Waals surface area contributed by atoms with Crippen molar-refractivity contribution in [1.82, 2.24) is 0 Å². The minimum Gasteiger partial charge on any atom is -0.202 e. The maximum absolute atomic E-state index is 11.9. The van der Waals surface area contributed by atoms with Crippen LogP contribution in [0.5, 0.6) is 0 Å². The number of halogens is 9. The summed E-state index contributed by atoms with van der Waals surface area (Å²) in [5.74, 6) is -13.5. The first-order valence-electron chi connectivity index (χ1n) is 2.80. The maximum atomic E-state index is 11.9. The van der Waals surface area contributed by atoms with E-state index in [-0.39, 0.29) is 0 Å². The fourth-order valence-corrected chi connectivity index (χ4v) is 0.370. The number of alkyl halides is 7. The van der Waals surface area contributed by atoms with Gasteiger partial charge in [-0.05, 0) is 0 Å². The average Bonchev–Trinajstić information content (AvgIpc) is 1.99. The lowest BCUT2D eigenvalue weighted by Crippen LogP contribution is -2.37. The van der Waals surface area contributed by atoms with E-state index in [9.17, 15) is 39.5 Å². The first-order valence-corrected chi connectivity index (χ1v) is 2.80. The molecule has 0 aliphatic carbocycles. The molecule has 0 fully saturated rings. The fourth-order valence-electron chi connectivity index (χ4n) is 0.370. The summed E-state index contributed by atoms with van der Waals surface area (Å²) in [6, 6.07) is 0. The second-order valence-electron chi connectivity index (χ2n) is 2.03. The Labute approximate surface area is 71.0 Å². The van der Waals surface area contributed by atoms with Crippen LogP contribution in [0.4, 0.5) is 39.5 Å². The molecule has 0 spiro atoms. The minimum absolute atomic E-state index is 3.42. The lowest BCUT2D eigenvalue weighted by atomic mass is 10.2. The molecule has 0 nitrogen and oxygen atoms in total. The second kappa shape index (κ2) is 3.70. The van der Waals surface area contributed by atoms with Gasteiger partial charge in [-0.1, -0.05) is 0 Å². The van der Waals surface area contributed by atoms with Crippen molar-refractivity contribution in [3.05, 3.63) is 11.7 Å². The average molecular weight is 232 g/mol. The van der Waals surface area contributed by atoms with Crippen LogP contribution in [0.25, 0.3) is 0 Å². The summed E-state index contributed by atoms with van der Waals surface area (Å²) in [6.45, 7) is 0. The zero-order chi connectivity index (χ0) is 11.7. The van der Waals surface area contributed by atoms with Crippen LogP contribution in [-0.4, -0.2) is 18.5 Å². The van der Waals surface area contributed by atoms with E-state index in [0.29, 0.717) is 0 Å². The van der Waals surface area contributed by atoms with Crippen LogP contribution >= 0.6 is 0 Å². The monoisotopic (exact) mass is 232 g/mol. The molecule has 0 bridgehead atoms. The topological polar surface area (TPSA) is 0 Å². The molecule has 0 amide bonds. The van der Waals surface area contributed by atoms with Crippen molar-refractivity contribution < 1.29 is 39.5 Å². The Morgan fingerprint density at radius 1 is 0.857 bits per heavy atom. The van der Waals surface area contributed by atoms with E-state index < -0.39 is 30.2 Å². The Morgan fingerprint density at radius 2 is 1.21 bits per heavy atom. The third-order valence-corrected chi connectivity index (χ3v) is 1.03. The molecule has 0 aliphatic heterocycles. The van der Waals surface area contributed by atoms with Gasteiger partial charge >= 0.3 is 12.1 Å². The van der Waals surface area contributed by atoms with Crippen LogP contribution in [0.15, 0.2) is 11.7 Å². The standard InChI is InChI=1S/C5HF9/c6-1(3(8)9)2(7)4(10,11)5(12,13)14/h3H. The highest BCUT2D eigenvalue weighted by molar-refractivity contribution is 5.13. The van der Waals surface area contributed by atoms with E-state index >= 15 is 0 Å². The third-order valence-electron chi connectivity index (χ3n) is 1.03. The number of allylic oxidation sites excluding steroid dienone is 2. The van der Waals surface area contributed by atoms with Gasteiger partial charge in [-0.25, -0.2) is 17.6 Å². The lowest BCUT2D eigenvalue weighted by Gasteiger charge is -2.17. The summed E-state index contributed by atoms with van der Waals surface area (Å²) in [5, 5.41) is 0. The normalized spacial score (nSPS) is 15.9. The number of hydrogen-bond donors (Lipinski definition) is 0. The second-order valence-corrected chi connectivity index (χ2v) is 2.03. The van der Waals surface area contributed by atoms with E-state index in [2.05, 4.69) is 0 Å². The zero-order valence-electron chi connectivity index (χ0n) is 5.98. The van der Waals surface area contributed by atoms with Crippen LogP contribution in [0.2, 0.25) is 0 Å². The predicted molar refractivity (Wildman–Crippen MR) is 26.2 cm³/mol. The molecule has 0 N–H and O–H groups in total. The highest BCUT2D eigenvalue weighted by Crippen LogP contribution is 2.43. The van der Waals surface area contributed by atoms with E-state index in [1.165, 1.54) is 0 Å². The molecule has 9 heteroatoms. The molecular formula is C5HF9. The van der Waals surface area contributed by atoms with Gasteiger partial charge in [-0.3, -0.25) is 0 Å². The van der Waals surface area contributed by atoms with Gasteiger partial charge in [0.1, 0.15) is 0 Å². The largest absolute Gasteiger partial charge is 0.460 e. The third kappa shape index (κ3) is 2.32. The van der Waals surface area contributed by atoms with E-state index in [4.69, 9.17) is 0 Å². The SMILES string of the molecule is FC(=C(F)C(F)(F)C(F)(F)F)C(F)F. The summed E-state index contributed by atoms with van der Waals surface area (Å²) in [4.78, 5) is 0. The summed E-state index contributed by atoms with van der Waals surface area (Å²) in [6.07, 6.45) is -10.8. The Balaban J connectivity index is 5.22. The van der Waals surface area contributed by atoms with Crippen LogP contribution in [0, 0.1) is 0 Å². The van der Waals surface area contributed by atoms with Gasteiger partial charge in [0.2, 0.25) is 11.7 Å². The molecule has 0 aliphatic rings. The van der Waals surface area contributed by atoms with Crippen LogP contribution < -0.4 is 0 Å². The molecule has 14 heavy (non-hydrogen) atoms. The molecule has 0 rings (SSSR count). The van der Waals surface area contributed by atoms with Gasteiger partial charge in [0, 0.05) is 0 Å². The van der Waals surface area contributed by atoms with Crippen LogP contribution in [0.3, 0.4) is 0 Å². The molecule has 0 heterocycles. The molecule has 84 valence electrons. The Hall–Kier alpha value is -0.890. The van der Waals surface area contributed by atoms with Crippen LogP contribution in [-0.2, 0) is 0 Å². The lowest BCUT2D eigenvalue weighted by molar-refractivity contribution is -0.271. The van der Waals surface area contributed by atoms with Crippen molar-refractivity contribution in [1.29, 1.82) is 0 Å². The first kappa shape index (κ1) is 13.1. The van der Waals surface area contributed by atoms with Gasteiger partial charge < -0.3 is 0 Å². The van der Waals surface area contributed by atoms with Crippen molar-refractivity contribution in [3.63, 3.8) is 0 Å². The van der Waals surface area contributed by atoms with Crippen molar-refractivity contribution >= 4 is 0 Å². The van der Waals surface area contributed by atoms with Crippen molar-refractivity contribution in [2.45, 2.75) is 18.5 Å². The van der Waals surface area contributed by atoms with Gasteiger partial charge in [0.05, 0.1) is 0 Å². The summed E-state index contributed by atoms with van der Waals surface area (Å²) in [5.41, 5.74) is 0. The maximum Gasteiger partial charge on any atom is 0.460 e. The van der Waals surface area contributed by atoms with Crippen molar-refractivity contribution in [2.75, 3.05) is 0 Å². The summed E-state index contributed by atoms with van der Waals surface area (Å²) < 4.78 is 103. The molecule has 0 aromatic carbocycles. The molecule has 0 atom stereocenters. The smallest absolute Gasteiger partial charge is 0.202 e. The van der Waals surface area contributed by atoms with Gasteiger partial charge in [-0.2, -0.15) is 22.0 Å². The van der Waals surface area contributed by atoms with E-state index in [1.54, 1.807) is 0 Å². The fraction of sp³-hybridized carbons (Fsp3) is 0.600. The molecule has 0 radical (unpaired) electrons. The predicted octanol–water partition coefficient (Wildman–Crippen LogP) is 3.60. The Morgan fingerprint density at radius 3 is 1.43 bits per heavy atom. The highest BCUT2D eigenvalue weighted by Gasteiger charge is 2.62. The van der Waals surface area contributed by atoms with Gasteiger partial charge in [0.15, 0.2) is 0 Å². The Kier molecular flexibility index (Phi) is 3.46. The summed E-state index contributed by atoms with van der Waals surface area (Å²) >= 11 is 0. The zero-order valence-corrected chi connectivity index (χ0v) is 5.98. The quantitative estimate of drug-likeness (QED) is 0.638. The molecule has 0 aromatic heterocycles. The van der Waals surface area contributed by atoms with E-state index in [1.807, 2.05) is 0 Å². The minimum atomic E-state index is -6.46. The Bertz CT molecular complexity index is 234. The van der Waals surface area contributed by atoms with E-state index in [0.717, 1.165) is 0 Å². The van der Waals surface area contributed by atoms with Gasteiger partial charge in [-0.15, -0.1) is 0 Å². The molecule has 0 aromatic rings. The molecule has 0 unspecified atom stereocenters. The highest BCUT2D eigenvalue weighted by atomic mass is 19.4. The molecular weight excluding hydrogens is 231 g/mol. The van der Waals surface area contributed by atoms with Crippen molar-refractivity contribution in [2.24, 2.45) is 0 Å². The summed E-state index contributed by atoms with van der Waals surface area (Å²) in [7, 11) is 0. The number of hydrogen-bond acceptors (Lipinski definition) is 0.